The second-order valence-electron chi connectivity index (χ2n) is 13.9. The molecule has 4 aliphatic rings. The second-order valence-corrected chi connectivity index (χ2v) is 15.5. The topological polar surface area (TPSA) is 54.0 Å². The van der Waals surface area contributed by atoms with E-state index in [4.69, 9.17) is 21.1 Å². The van der Waals surface area contributed by atoms with Gasteiger partial charge in [0.05, 0.1) is 30.0 Å². The summed E-state index contributed by atoms with van der Waals surface area (Å²) in [7, 11) is 4.17. The van der Waals surface area contributed by atoms with Crippen LogP contribution in [0.15, 0.2) is 42.0 Å². The van der Waals surface area contributed by atoms with E-state index in [1.165, 1.54) is 17.5 Å². The molecule has 2 aromatic carbocycles. The number of carbonyl (C=O) groups excluding carboxylic acids is 1. The molecule has 2 aliphatic heterocycles. The molecule has 9 heteroatoms. The SMILES string of the molecule is C/C1=C\CCC(C)SNC(=O)c2ccc3c(c2)N(C[C@@H]2CCC2C1OCCN(C)C)CC1(CCCc2c1ccc(Cl)c2F)CO3. The Labute approximate surface area is 277 Å². The maximum Gasteiger partial charge on any atom is 0.261 e. The molecule has 0 saturated heterocycles. The fraction of sp³-hybridized carbons (Fsp3) is 0.583. The predicted molar refractivity (Wildman–Crippen MR) is 182 cm³/mol. The Morgan fingerprint density at radius 3 is 2.84 bits per heavy atom. The summed E-state index contributed by atoms with van der Waals surface area (Å²) >= 11 is 7.75. The van der Waals surface area contributed by atoms with E-state index in [0.29, 0.717) is 43.6 Å². The molecular weight excluding hydrogens is 609 g/mol. The normalized spacial score (nSPS) is 29.9. The summed E-state index contributed by atoms with van der Waals surface area (Å²) in [6.07, 6.45) is 9.07. The van der Waals surface area contributed by atoms with Crippen molar-refractivity contribution >= 4 is 35.1 Å². The number of hydrogen-bond donors (Lipinski definition) is 1. The zero-order valence-corrected chi connectivity index (χ0v) is 28.6. The molecule has 6 rings (SSSR count). The van der Waals surface area contributed by atoms with Crippen LogP contribution in [0.5, 0.6) is 5.75 Å². The number of allylic oxidation sites excluding steroid dienone is 1. The van der Waals surface area contributed by atoms with Gasteiger partial charge in [-0.3, -0.25) is 9.52 Å². The van der Waals surface area contributed by atoms with E-state index in [0.717, 1.165) is 74.2 Å². The van der Waals surface area contributed by atoms with Crippen molar-refractivity contribution in [2.45, 2.75) is 75.6 Å². The minimum absolute atomic E-state index is 0.0777. The number of nitrogens with zero attached hydrogens (tertiary/aromatic N) is 2. The van der Waals surface area contributed by atoms with Gasteiger partial charge >= 0.3 is 0 Å². The van der Waals surface area contributed by atoms with Gasteiger partial charge in [-0.2, -0.15) is 0 Å². The Hall–Kier alpha value is -2.26. The van der Waals surface area contributed by atoms with Crippen molar-refractivity contribution in [3.63, 3.8) is 0 Å². The molecule has 4 unspecified atom stereocenters. The van der Waals surface area contributed by atoms with E-state index in [9.17, 15) is 4.79 Å². The largest absolute Gasteiger partial charge is 0.490 e. The monoisotopic (exact) mass is 655 g/mol. The van der Waals surface area contributed by atoms with Crippen molar-refractivity contribution in [3.8, 4) is 5.75 Å². The number of amides is 1. The summed E-state index contributed by atoms with van der Waals surface area (Å²) in [5.41, 5.74) is 4.22. The van der Waals surface area contributed by atoms with E-state index in [-0.39, 0.29) is 33.5 Å². The van der Waals surface area contributed by atoms with Gasteiger partial charge in [0.1, 0.15) is 11.6 Å². The van der Waals surface area contributed by atoms with Crippen LogP contribution in [0.3, 0.4) is 0 Å². The summed E-state index contributed by atoms with van der Waals surface area (Å²) in [6, 6.07) is 9.51. The van der Waals surface area contributed by atoms with Gasteiger partial charge in [0, 0.05) is 35.9 Å². The maximum atomic E-state index is 15.4. The van der Waals surface area contributed by atoms with E-state index in [2.05, 4.69) is 48.5 Å². The first-order chi connectivity index (χ1) is 21.6. The van der Waals surface area contributed by atoms with Crippen LogP contribution in [0, 0.1) is 17.7 Å². The molecule has 1 amide bonds. The number of benzene rings is 2. The van der Waals surface area contributed by atoms with Gasteiger partial charge < -0.3 is 19.3 Å². The Morgan fingerprint density at radius 2 is 2.07 bits per heavy atom. The molecule has 0 radical (unpaired) electrons. The summed E-state index contributed by atoms with van der Waals surface area (Å²) in [5, 5.41) is 0.453. The van der Waals surface area contributed by atoms with E-state index >= 15 is 4.39 Å². The summed E-state index contributed by atoms with van der Waals surface area (Å²) in [5.74, 6) is 1.21. The average Bonchev–Trinajstić information content (AvgIpc) is 3.15. The van der Waals surface area contributed by atoms with E-state index in [1.807, 2.05) is 24.3 Å². The van der Waals surface area contributed by atoms with Crippen LogP contribution in [-0.4, -0.2) is 69.1 Å². The number of nitrogens with one attached hydrogen (secondary N) is 1. The molecule has 1 saturated carbocycles. The Bertz CT molecular complexity index is 1440. The van der Waals surface area contributed by atoms with Crippen LogP contribution in [0.25, 0.3) is 0 Å². The number of carbonyl (C=O) groups is 1. The first-order valence-electron chi connectivity index (χ1n) is 16.5. The van der Waals surface area contributed by atoms with Gasteiger partial charge in [0.2, 0.25) is 0 Å². The van der Waals surface area contributed by atoms with Gasteiger partial charge in [-0.15, -0.1) is 0 Å². The fourth-order valence-corrected chi connectivity index (χ4v) is 8.54. The summed E-state index contributed by atoms with van der Waals surface area (Å²) in [6.45, 7) is 7.94. The number of ether oxygens (including phenoxy) is 2. The molecular formula is C36H47ClFN3O3S. The smallest absolute Gasteiger partial charge is 0.261 e. The van der Waals surface area contributed by atoms with Gasteiger partial charge in [0.15, 0.2) is 0 Å². The zero-order valence-electron chi connectivity index (χ0n) is 27.0. The lowest BCUT2D eigenvalue weighted by atomic mass is 9.67. The van der Waals surface area contributed by atoms with Crippen LogP contribution >= 0.6 is 23.5 Å². The maximum absolute atomic E-state index is 15.4. The van der Waals surface area contributed by atoms with Crippen molar-refractivity contribution in [2.24, 2.45) is 11.8 Å². The lowest BCUT2D eigenvalue weighted by Gasteiger charge is -2.47. The third-order valence-electron chi connectivity index (χ3n) is 10.4. The average molecular weight is 656 g/mol. The fourth-order valence-electron chi connectivity index (χ4n) is 7.68. The van der Waals surface area contributed by atoms with Crippen LogP contribution in [0.2, 0.25) is 5.02 Å². The highest BCUT2D eigenvalue weighted by atomic mass is 35.5. The summed E-state index contributed by atoms with van der Waals surface area (Å²) in [4.78, 5) is 18.0. The molecule has 1 fully saturated rings. The molecule has 1 spiro atoms. The highest BCUT2D eigenvalue weighted by Gasteiger charge is 2.45. The van der Waals surface area contributed by atoms with Crippen LogP contribution in [0.1, 0.15) is 73.9 Å². The highest BCUT2D eigenvalue weighted by Crippen LogP contribution is 2.48. The molecule has 45 heavy (non-hydrogen) atoms. The quantitative estimate of drug-likeness (QED) is 0.273. The van der Waals surface area contributed by atoms with E-state index < -0.39 is 0 Å². The summed E-state index contributed by atoms with van der Waals surface area (Å²) < 4.78 is 31.7. The van der Waals surface area contributed by atoms with Crippen molar-refractivity contribution in [2.75, 3.05) is 51.8 Å². The Kier molecular flexibility index (Phi) is 10.1. The first-order valence-corrected chi connectivity index (χ1v) is 17.8. The van der Waals surface area contributed by atoms with Crippen molar-refractivity contribution < 1.29 is 18.7 Å². The van der Waals surface area contributed by atoms with Crippen LogP contribution in [0.4, 0.5) is 10.1 Å². The molecule has 2 heterocycles. The van der Waals surface area contributed by atoms with Crippen molar-refractivity contribution in [1.29, 1.82) is 0 Å². The molecule has 2 bridgehead atoms. The van der Waals surface area contributed by atoms with E-state index in [1.54, 1.807) is 6.07 Å². The number of likely N-dealkylation sites (N-methyl/N-ethyl adjacent to an activating group) is 1. The third-order valence-corrected chi connectivity index (χ3v) is 11.6. The van der Waals surface area contributed by atoms with Crippen molar-refractivity contribution in [1.82, 2.24) is 9.62 Å². The van der Waals surface area contributed by atoms with Gasteiger partial charge in [-0.05, 0) is 131 Å². The molecule has 1 N–H and O–H groups in total. The zero-order chi connectivity index (χ0) is 31.7. The van der Waals surface area contributed by atoms with Gasteiger partial charge in [-0.25, -0.2) is 4.39 Å². The molecule has 6 nitrogen and oxygen atoms in total. The standard InChI is InChI=1S/C36H47ClFN3O3S/c1-23-7-5-8-24(2)45-39-35(42)25-11-15-32-31(19-25)41(20-26-10-12-27(26)34(23)43-18-17-40(3)4)21-36(22-44-32)16-6-9-28-29(36)13-14-30(37)33(28)38/h7,11,13-15,19,24,26-27,34H,5-6,8-10,12,16-18,20-22H2,1-4H3,(H,39,42)/b23-7+/t24?,26-,27?,34?,36?/m0/s1. The Morgan fingerprint density at radius 1 is 1.22 bits per heavy atom. The van der Waals surface area contributed by atoms with Crippen LogP contribution < -0.4 is 14.4 Å². The minimum Gasteiger partial charge on any atom is -0.490 e. The molecule has 2 aliphatic carbocycles. The number of anilines is 1. The molecule has 0 aromatic heterocycles. The minimum atomic E-state index is -0.386. The van der Waals surface area contributed by atoms with Gasteiger partial charge in [0.25, 0.3) is 5.91 Å². The number of fused-ring (bicyclic) bond motifs is 4. The molecule has 2 aromatic rings. The van der Waals surface area contributed by atoms with Crippen LogP contribution in [-0.2, 0) is 16.6 Å². The Balaban J connectivity index is 1.39. The highest BCUT2D eigenvalue weighted by molar-refractivity contribution is 7.98. The van der Waals surface area contributed by atoms with Gasteiger partial charge in [-0.1, -0.05) is 30.7 Å². The number of halogens is 2. The lowest BCUT2D eigenvalue weighted by Crippen LogP contribution is -2.50. The molecule has 244 valence electrons. The predicted octanol–water partition coefficient (Wildman–Crippen LogP) is 7.43. The number of hydrogen-bond acceptors (Lipinski definition) is 6. The number of rotatable bonds is 4. The lowest BCUT2D eigenvalue weighted by molar-refractivity contribution is -0.0244. The second kappa shape index (κ2) is 13.8. The first kappa shape index (κ1) is 32.7. The molecule has 5 atom stereocenters. The third kappa shape index (κ3) is 6.90. The van der Waals surface area contributed by atoms with Crippen molar-refractivity contribution in [3.05, 3.63) is 69.5 Å².